The van der Waals surface area contributed by atoms with Crippen LogP contribution in [0.15, 0.2) is 9.98 Å². The minimum atomic E-state index is 0.425. The predicted molar refractivity (Wildman–Crippen MR) is 206 cm³/mol. The van der Waals surface area contributed by atoms with E-state index < -0.39 is 0 Å². The molecule has 7 fully saturated rings. The van der Waals surface area contributed by atoms with Crippen molar-refractivity contribution < 1.29 is 4.68 Å². The average Bonchev–Trinajstić information content (AvgIpc) is 3.91. The zero-order chi connectivity index (χ0) is 33.7. The Balaban J connectivity index is 1.03. The van der Waals surface area contributed by atoms with Crippen LogP contribution in [-0.2, 0) is 0 Å². The second-order valence-corrected chi connectivity index (χ2v) is 18.8. The third-order valence-corrected chi connectivity index (χ3v) is 15.6. The van der Waals surface area contributed by atoms with Gasteiger partial charge in [0, 0.05) is 36.8 Å². The van der Waals surface area contributed by atoms with Gasteiger partial charge in [-0.3, -0.25) is 25.9 Å². The fourth-order valence-corrected chi connectivity index (χ4v) is 13.2. The van der Waals surface area contributed by atoms with Crippen LogP contribution in [0.4, 0.5) is 0 Å². The number of nitrogens with one attached hydrogen (secondary N) is 3. The van der Waals surface area contributed by atoms with Crippen molar-refractivity contribution in [2.24, 2.45) is 27.7 Å². The first kappa shape index (κ1) is 33.8. The van der Waals surface area contributed by atoms with Gasteiger partial charge in [-0.25, -0.2) is 0 Å². The highest BCUT2D eigenvalue weighted by atomic mass is 15.6. The van der Waals surface area contributed by atoms with Crippen LogP contribution < -0.4 is 16.0 Å². The molecule has 6 heterocycles. The van der Waals surface area contributed by atoms with E-state index in [1.54, 1.807) is 0 Å². The zero-order valence-electron chi connectivity index (χ0n) is 31.8. The van der Waals surface area contributed by atoms with Crippen molar-refractivity contribution in [2.45, 2.75) is 209 Å². The maximum atomic E-state index is 5.83. The lowest BCUT2D eigenvalue weighted by atomic mass is 9.76. The van der Waals surface area contributed by atoms with Gasteiger partial charge in [-0.1, -0.05) is 57.8 Å². The molecular weight excluding hydrogens is 631 g/mol. The summed E-state index contributed by atoms with van der Waals surface area (Å²) in [6, 6.07) is 3.40. The molecule has 6 aliphatic heterocycles. The van der Waals surface area contributed by atoms with Crippen LogP contribution in [-0.4, -0.2) is 112 Å². The minimum absolute atomic E-state index is 0.425. The van der Waals surface area contributed by atoms with E-state index in [0.717, 1.165) is 13.1 Å². The minimum Gasteiger partial charge on any atom is -0.339 e. The van der Waals surface area contributed by atoms with Gasteiger partial charge in [-0.15, -0.1) is 4.68 Å². The van der Waals surface area contributed by atoms with E-state index in [1.165, 1.54) is 172 Å². The fraction of sp³-hybridized carbons (Fsp3) is 0.929. The number of hydrogen-bond donors (Lipinski definition) is 3. The highest BCUT2D eigenvalue weighted by Crippen LogP contribution is 2.44. The van der Waals surface area contributed by atoms with Crippen molar-refractivity contribution in [3.63, 3.8) is 0 Å². The van der Waals surface area contributed by atoms with Gasteiger partial charge in [0.25, 0.3) is 0 Å². The molecule has 8 unspecified atom stereocenters. The molecule has 9 nitrogen and oxygen atoms in total. The van der Waals surface area contributed by atoms with E-state index >= 15 is 0 Å². The number of piperidine rings is 3. The molecular formula is C42H70N9+. The number of fused-ring (bicyclic) bond motifs is 3. The first-order valence-corrected chi connectivity index (χ1v) is 22.6. The van der Waals surface area contributed by atoms with E-state index in [2.05, 4.69) is 41.7 Å². The highest BCUT2D eigenvalue weighted by Gasteiger charge is 2.54. The van der Waals surface area contributed by atoms with E-state index in [1.807, 2.05) is 0 Å². The second-order valence-electron chi connectivity index (χ2n) is 18.8. The predicted octanol–water partition coefficient (Wildman–Crippen LogP) is 5.99. The smallest absolute Gasteiger partial charge is 0.182 e. The van der Waals surface area contributed by atoms with Gasteiger partial charge in [0.05, 0.1) is 24.0 Å². The SMILES string of the molecule is C1=[N+](C2CC(C3=NC4CCCNC4N3C3CCCCC3)CC(C3=NC4CCCNC4N3C3CCCCC3)C2)N(C2CCCCC2)C2NCCCC12. The topological polar surface area (TPSA) is 73.5 Å². The molecule has 0 aromatic rings. The number of hydrazone groups is 1. The molecule has 3 saturated heterocycles. The number of aliphatic imine (C=N–C) groups is 2. The zero-order valence-corrected chi connectivity index (χ0v) is 31.8. The van der Waals surface area contributed by atoms with Crippen LogP contribution in [0.3, 0.4) is 0 Å². The summed E-state index contributed by atoms with van der Waals surface area (Å²) in [5.41, 5.74) is 0. The Hall–Kier alpha value is -1.71. The lowest BCUT2D eigenvalue weighted by molar-refractivity contribution is -0.725. The summed E-state index contributed by atoms with van der Waals surface area (Å²) in [7, 11) is 0. The molecule has 0 aromatic carbocycles. The van der Waals surface area contributed by atoms with Gasteiger partial charge in [0.15, 0.2) is 12.3 Å². The second kappa shape index (κ2) is 14.8. The summed E-state index contributed by atoms with van der Waals surface area (Å²) in [4.78, 5) is 17.5. The molecule has 0 bridgehead atoms. The maximum Gasteiger partial charge on any atom is 0.182 e. The van der Waals surface area contributed by atoms with Gasteiger partial charge in [-0.05, 0) is 103 Å². The van der Waals surface area contributed by atoms with Crippen LogP contribution in [0.25, 0.3) is 0 Å². The van der Waals surface area contributed by atoms with Crippen molar-refractivity contribution in [2.75, 3.05) is 19.6 Å². The van der Waals surface area contributed by atoms with Gasteiger partial charge in [0.2, 0.25) is 0 Å². The molecule has 3 N–H and O–H groups in total. The molecule has 8 atom stereocenters. The Labute approximate surface area is 308 Å². The summed E-state index contributed by atoms with van der Waals surface area (Å²) in [5, 5.41) is 15.1. The van der Waals surface area contributed by atoms with Crippen molar-refractivity contribution in [3.8, 4) is 0 Å². The van der Waals surface area contributed by atoms with Gasteiger partial charge < -0.3 is 9.80 Å². The van der Waals surface area contributed by atoms with E-state index in [4.69, 9.17) is 9.98 Å². The number of hydrogen-bond acceptors (Lipinski definition) is 8. The molecule has 0 aromatic heterocycles. The standard InChI is InChI=1S/C42H70N9/c1-4-14-32(15-5-1)49-39(46-36-20-11-23-44-41(36)49)30-25-31(40-47-37-21-12-24-45-42(37)50(40)33-16-6-2-7-17-33)27-35(26-30)48-28-29-13-10-22-43-38(29)51(48)34-18-8-3-9-19-34/h28-38,41-45H,1-27H2/q+1. The van der Waals surface area contributed by atoms with E-state index in [9.17, 15) is 0 Å². The van der Waals surface area contributed by atoms with Gasteiger partial charge in [-0.2, -0.15) is 5.01 Å². The van der Waals surface area contributed by atoms with Crippen molar-refractivity contribution in [1.29, 1.82) is 0 Å². The van der Waals surface area contributed by atoms with E-state index in [0.29, 0.717) is 72.5 Å². The van der Waals surface area contributed by atoms with Crippen LogP contribution in [0.1, 0.15) is 154 Å². The summed E-state index contributed by atoms with van der Waals surface area (Å²) in [5.74, 6) is 4.68. The average molecular weight is 701 g/mol. The Morgan fingerprint density at radius 2 is 0.961 bits per heavy atom. The van der Waals surface area contributed by atoms with Crippen LogP contribution in [0.2, 0.25) is 0 Å². The molecule has 282 valence electrons. The lowest BCUT2D eigenvalue weighted by Gasteiger charge is -2.46. The van der Waals surface area contributed by atoms with Gasteiger partial charge >= 0.3 is 0 Å². The first-order chi connectivity index (χ1) is 25.3. The van der Waals surface area contributed by atoms with E-state index in [-0.39, 0.29) is 0 Å². The first-order valence-electron chi connectivity index (χ1n) is 22.6. The molecule has 4 saturated carbocycles. The Morgan fingerprint density at radius 1 is 0.490 bits per heavy atom. The molecule has 4 aliphatic carbocycles. The lowest BCUT2D eigenvalue weighted by Crippen LogP contribution is -2.60. The van der Waals surface area contributed by atoms with Crippen LogP contribution >= 0.6 is 0 Å². The molecule has 0 spiro atoms. The normalized spacial score (nSPS) is 41.5. The third kappa shape index (κ3) is 6.39. The molecule has 10 aliphatic rings. The van der Waals surface area contributed by atoms with Gasteiger partial charge in [0.1, 0.15) is 30.2 Å². The van der Waals surface area contributed by atoms with Crippen LogP contribution in [0.5, 0.6) is 0 Å². The third-order valence-electron chi connectivity index (χ3n) is 15.6. The Kier molecular flexibility index (Phi) is 9.85. The maximum absolute atomic E-state index is 5.83. The summed E-state index contributed by atoms with van der Waals surface area (Å²) in [6.45, 7) is 3.48. The summed E-state index contributed by atoms with van der Waals surface area (Å²) in [6.07, 6.45) is 36.3. The summed E-state index contributed by atoms with van der Waals surface area (Å²) < 4.78 is 2.90. The summed E-state index contributed by atoms with van der Waals surface area (Å²) >= 11 is 0. The van der Waals surface area contributed by atoms with Crippen molar-refractivity contribution >= 4 is 17.9 Å². The van der Waals surface area contributed by atoms with Crippen molar-refractivity contribution in [3.05, 3.63) is 0 Å². The molecule has 0 radical (unpaired) electrons. The monoisotopic (exact) mass is 701 g/mol. The Morgan fingerprint density at radius 3 is 1.49 bits per heavy atom. The quantitative estimate of drug-likeness (QED) is 0.296. The molecule has 10 rings (SSSR count). The number of amidine groups is 2. The van der Waals surface area contributed by atoms with Crippen LogP contribution in [0, 0.1) is 17.8 Å². The molecule has 9 heteroatoms. The van der Waals surface area contributed by atoms with Crippen molar-refractivity contribution in [1.82, 2.24) is 30.8 Å². The molecule has 0 amide bonds. The highest BCUT2D eigenvalue weighted by molar-refractivity contribution is 5.91. The molecule has 51 heavy (non-hydrogen) atoms. The number of rotatable bonds is 6. The Bertz CT molecular complexity index is 1150. The number of hydrazine groups is 1. The number of nitrogens with zero attached hydrogens (tertiary/aromatic N) is 6. The fourth-order valence-electron chi connectivity index (χ4n) is 13.2. The largest absolute Gasteiger partial charge is 0.339 e.